The zero-order valence-corrected chi connectivity index (χ0v) is 28.6. The Morgan fingerprint density at radius 1 is 0.625 bits per heavy atom. The van der Waals surface area contributed by atoms with Crippen LogP contribution in [0.1, 0.15) is 38.8 Å². The molecule has 0 saturated carbocycles. The lowest BCUT2D eigenvalue weighted by molar-refractivity contribution is 1.34. The van der Waals surface area contributed by atoms with Crippen molar-refractivity contribution >= 4 is 32.7 Å². The van der Waals surface area contributed by atoms with Gasteiger partial charge in [-0.15, -0.1) is 0 Å². The lowest BCUT2D eigenvalue weighted by atomic mass is 9.87. The number of benzene rings is 5. The molecule has 0 heteroatoms. The number of hydrogen-bond acceptors (Lipinski definition) is 0. The Balaban J connectivity index is 0.00000221. The zero-order chi connectivity index (χ0) is 33.9. The SMILES string of the molecule is C=C/C=C1/C=C\C(c2cccc3ccccc23)=C/C=C/C=C(c2ccc(-c3ccc4ccccc4c3)cc2)/C(/C=C\C)=C(/C)C1=C.CC. The van der Waals surface area contributed by atoms with Crippen LogP contribution in [0.15, 0.2) is 205 Å². The monoisotopic (exact) mass is 620 g/mol. The van der Waals surface area contributed by atoms with Crippen LogP contribution in [0.4, 0.5) is 0 Å². The number of allylic oxidation sites excluding steroid dienone is 16. The Hall–Kier alpha value is -5.72. The largest absolute Gasteiger partial charge is 0.0990 e. The van der Waals surface area contributed by atoms with E-state index in [0.717, 1.165) is 39.0 Å². The van der Waals surface area contributed by atoms with E-state index in [-0.39, 0.29) is 0 Å². The van der Waals surface area contributed by atoms with Gasteiger partial charge in [0.25, 0.3) is 0 Å². The summed E-state index contributed by atoms with van der Waals surface area (Å²) in [5.74, 6) is 0. The predicted octanol–water partition coefficient (Wildman–Crippen LogP) is 13.8. The predicted molar refractivity (Wildman–Crippen MR) is 214 cm³/mol. The maximum Gasteiger partial charge on any atom is -0.0105 e. The first-order valence-corrected chi connectivity index (χ1v) is 16.8. The average molecular weight is 621 g/mol. The molecule has 0 heterocycles. The molecule has 0 nitrogen and oxygen atoms in total. The van der Waals surface area contributed by atoms with Gasteiger partial charge in [0, 0.05) is 0 Å². The third kappa shape index (κ3) is 7.46. The molecule has 0 unspecified atom stereocenters. The van der Waals surface area contributed by atoms with E-state index in [4.69, 9.17) is 0 Å². The number of rotatable bonds is 5. The summed E-state index contributed by atoms with van der Waals surface area (Å²) in [5, 5.41) is 4.95. The number of hydrogen-bond donors (Lipinski definition) is 0. The van der Waals surface area contributed by atoms with E-state index in [1.54, 1.807) is 0 Å². The van der Waals surface area contributed by atoms with Crippen molar-refractivity contribution in [3.05, 3.63) is 217 Å². The quantitative estimate of drug-likeness (QED) is 0.183. The molecule has 1 aliphatic rings. The number of fused-ring (bicyclic) bond motifs is 2. The first-order chi connectivity index (χ1) is 23.6. The van der Waals surface area contributed by atoms with E-state index in [2.05, 4.69) is 185 Å². The van der Waals surface area contributed by atoms with Crippen molar-refractivity contribution < 1.29 is 0 Å². The van der Waals surface area contributed by atoms with Gasteiger partial charge in [0.2, 0.25) is 0 Å². The fourth-order valence-corrected chi connectivity index (χ4v) is 6.10. The van der Waals surface area contributed by atoms with E-state index in [0.29, 0.717) is 0 Å². The lowest BCUT2D eigenvalue weighted by Gasteiger charge is -2.17. The maximum absolute atomic E-state index is 4.59. The highest BCUT2D eigenvalue weighted by Gasteiger charge is 2.14. The van der Waals surface area contributed by atoms with Gasteiger partial charge >= 0.3 is 0 Å². The summed E-state index contributed by atoms with van der Waals surface area (Å²) in [6.45, 7) is 16.8. The molecule has 0 atom stereocenters. The summed E-state index contributed by atoms with van der Waals surface area (Å²) >= 11 is 0. The van der Waals surface area contributed by atoms with Gasteiger partial charge < -0.3 is 0 Å². The van der Waals surface area contributed by atoms with Crippen LogP contribution in [0.5, 0.6) is 0 Å². The van der Waals surface area contributed by atoms with Crippen molar-refractivity contribution in [2.24, 2.45) is 0 Å². The van der Waals surface area contributed by atoms with Crippen LogP contribution in [-0.2, 0) is 0 Å². The molecular weight excluding hydrogens is 577 g/mol. The third-order valence-electron chi connectivity index (χ3n) is 8.60. The average Bonchev–Trinajstić information content (AvgIpc) is 3.14. The summed E-state index contributed by atoms with van der Waals surface area (Å²) in [6, 6.07) is 39.1. The van der Waals surface area contributed by atoms with Crippen molar-refractivity contribution in [1.29, 1.82) is 0 Å². The fourth-order valence-electron chi connectivity index (χ4n) is 6.10. The minimum Gasteiger partial charge on any atom is -0.0990 e. The molecule has 0 amide bonds. The lowest BCUT2D eigenvalue weighted by Crippen LogP contribution is -1.97. The molecular formula is C48H44. The zero-order valence-electron chi connectivity index (χ0n) is 28.6. The van der Waals surface area contributed by atoms with Crippen LogP contribution >= 0.6 is 0 Å². The van der Waals surface area contributed by atoms with E-state index >= 15 is 0 Å². The Labute approximate surface area is 287 Å². The summed E-state index contributed by atoms with van der Waals surface area (Å²) in [5.41, 5.74) is 11.2. The molecule has 6 rings (SSSR count). The van der Waals surface area contributed by atoms with Gasteiger partial charge in [-0.3, -0.25) is 0 Å². The van der Waals surface area contributed by atoms with Gasteiger partial charge in [-0.05, 0) is 97.2 Å². The normalized spacial score (nSPS) is 19.8. The first kappa shape index (κ1) is 33.6. The van der Waals surface area contributed by atoms with Crippen molar-refractivity contribution in [3.8, 4) is 11.1 Å². The minimum absolute atomic E-state index is 0.963. The van der Waals surface area contributed by atoms with Gasteiger partial charge in [0.15, 0.2) is 0 Å². The Bertz CT molecular complexity index is 2160. The van der Waals surface area contributed by atoms with Crippen molar-refractivity contribution in [2.45, 2.75) is 27.7 Å². The second-order valence-electron chi connectivity index (χ2n) is 11.5. The van der Waals surface area contributed by atoms with Crippen LogP contribution in [0, 0.1) is 0 Å². The van der Waals surface area contributed by atoms with E-state index in [1.165, 1.54) is 38.2 Å². The topological polar surface area (TPSA) is 0 Å². The molecule has 0 aliphatic heterocycles. The molecule has 0 fully saturated rings. The van der Waals surface area contributed by atoms with Gasteiger partial charge in [0.1, 0.15) is 0 Å². The Morgan fingerprint density at radius 3 is 2.02 bits per heavy atom. The fraction of sp³-hybridized carbons (Fsp3) is 0.0833. The van der Waals surface area contributed by atoms with E-state index in [1.807, 2.05) is 26.0 Å². The van der Waals surface area contributed by atoms with Gasteiger partial charge in [-0.1, -0.05) is 191 Å². The van der Waals surface area contributed by atoms with E-state index < -0.39 is 0 Å². The Kier molecular flexibility index (Phi) is 11.4. The minimum atomic E-state index is 0.963. The third-order valence-corrected chi connectivity index (χ3v) is 8.60. The molecule has 0 bridgehead atoms. The molecule has 0 spiro atoms. The van der Waals surface area contributed by atoms with E-state index in [9.17, 15) is 0 Å². The summed E-state index contributed by atoms with van der Waals surface area (Å²) < 4.78 is 0. The van der Waals surface area contributed by atoms with Crippen LogP contribution < -0.4 is 0 Å². The highest BCUT2D eigenvalue weighted by Crippen LogP contribution is 2.35. The summed E-state index contributed by atoms with van der Waals surface area (Å²) in [7, 11) is 0. The molecule has 48 heavy (non-hydrogen) atoms. The summed E-state index contributed by atoms with van der Waals surface area (Å²) in [6.07, 6.45) is 21.2. The van der Waals surface area contributed by atoms with Crippen LogP contribution in [0.2, 0.25) is 0 Å². The van der Waals surface area contributed by atoms with Crippen molar-refractivity contribution in [1.82, 2.24) is 0 Å². The molecule has 0 aromatic heterocycles. The maximum atomic E-state index is 4.59. The molecule has 1 aliphatic carbocycles. The first-order valence-electron chi connectivity index (χ1n) is 16.8. The van der Waals surface area contributed by atoms with Crippen LogP contribution in [0.25, 0.3) is 43.8 Å². The van der Waals surface area contributed by atoms with Gasteiger partial charge in [-0.2, -0.15) is 0 Å². The molecule has 0 N–H and O–H groups in total. The highest BCUT2D eigenvalue weighted by atomic mass is 14.2. The second-order valence-corrected chi connectivity index (χ2v) is 11.5. The van der Waals surface area contributed by atoms with Crippen molar-refractivity contribution in [3.63, 3.8) is 0 Å². The molecule has 0 radical (unpaired) electrons. The van der Waals surface area contributed by atoms with Gasteiger partial charge in [0.05, 0.1) is 0 Å². The van der Waals surface area contributed by atoms with Gasteiger partial charge in [-0.25, -0.2) is 0 Å². The highest BCUT2D eigenvalue weighted by molar-refractivity contribution is 5.97. The van der Waals surface area contributed by atoms with Crippen LogP contribution in [0.3, 0.4) is 0 Å². The Morgan fingerprint density at radius 2 is 1.27 bits per heavy atom. The second kappa shape index (κ2) is 16.2. The molecule has 0 saturated heterocycles. The smallest absolute Gasteiger partial charge is 0.0105 e. The summed E-state index contributed by atoms with van der Waals surface area (Å²) in [4.78, 5) is 0. The van der Waals surface area contributed by atoms with Crippen LogP contribution in [-0.4, -0.2) is 0 Å². The van der Waals surface area contributed by atoms with Crippen molar-refractivity contribution in [2.75, 3.05) is 0 Å². The molecule has 236 valence electrons. The molecule has 5 aromatic carbocycles. The molecule has 5 aromatic rings. The standard InChI is InChI=1S/C46H38.C2H6/c1-5-14-35-24-28-39(46-23-13-20-38-17-9-12-22-45(38)46)18-10-11-21-44(43(15-6-2)34(4)33(35)3)40-29-25-37(26-30-40)42-31-27-36-16-7-8-19-41(36)32-42;1-2/h5-32H,1,3H2,2,4H3;1-2H3/b11-10+,15-6-,28-24-,35-14-,39-18+,43-34-,44-21+;.